The lowest BCUT2D eigenvalue weighted by atomic mass is 10.2. The molecular weight excluding hydrogens is 212 g/mol. The highest BCUT2D eigenvalue weighted by atomic mass is 16.5. The molecule has 1 heterocycles. The predicted molar refractivity (Wildman–Crippen MR) is 50.6 cm³/mol. The molecule has 0 aliphatic rings. The van der Waals surface area contributed by atoms with E-state index in [9.17, 15) is 10.4 Å². The van der Waals surface area contributed by atoms with E-state index in [2.05, 4.69) is 0 Å². The second-order valence-corrected chi connectivity index (χ2v) is 3.32. The van der Waals surface area contributed by atoms with Gasteiger partial charge in [0, 0.05) is 21.6 Å². The van der Waals surface area contributed by atoms with E-state index >= 15 is 0 Å². The highest BCUT2D eigenvalue weighted by Gasteiger charge is 2.33. The van der Waals surface area contributed by atoms with Crippen LogP contribution in [0.25, 0.3) is 11.0 Å². The summed E-state index contributed by atoms with van der Waals surface area (Å²) in [6, 6.07) is 6.55. The standard InChI is InChI=1S/C10H12N2O4/c13-5-9-10(6-14)12(16)8-4-2-1-3-7(8)11(9)15/h1-4,13-16H,5-6H2/q+2. The summed E-state index contributed by atoms with van der Waals surface area (Å²) in [6.45, 7) is -0.977. The summed E-state index contributed by atoms with van der Waals surface area (Å²) >= 11 is 0. The van der Waals surface area contributed by atoms with Crippen LogP contribution in [0.2, 0.25) is 0 Å². The van der Waals surface area contributed by atoms with E-state index in [4.69, 9.17) is 10.2 Å². The zero-order valence-corrected chi connectivity index (χ0v) is 8.41. The quantitative estimate of drug-likeness (QED) is 0.384. The lowest BCUT2D eigenvalue weighted by Gasteiger charge is -1.99. The van der Waals surface area contributed by atoms with Crippen LogP contribution in [-0.4, -0.2) is 20.6 Å². The van der Waals surface area contributed by atoms with Gasteiger partial charge < -0.3 is 10.2 Å². The van der Waals surface area contributed by atoms with Gasteiger partial charge in [-0.25, -0.2) is 0 Å². The SMILES string of the molecule is OCc1c(CO)[n+](O)c2ccccc2[n+]1O. The average Bonchev–Trinajstić information content (AvgIpc) is 2.33. The normalized spacial score (nSPS) is 10.9. The molecule has 1 aromatic carbocycles. The summed E-state index contributed by atoms with van der Waals surface area (Å²) in [5, 5.41) is 37.8. The van der Waals surface area contributed by atoms with Gasteiger partial charge in [-0.15, -0.1) is 0 Å². The summed E-state index contributed by atoms with van der Waals surface area (Å²) in [7, 11) is 0. The zero-order chi connectivity index (χ0) is 11.7. The van der Waals surface area contributed by atoms with Crippen LogP contribution in [0.5, 0.6) is 0 Å². The minimum absolute atomic E-state index is 0.0451. The molecule has 0 aliphatic carbocycles. The molecule has 0 bridgehead atoms. The molecular formula is C10H12N2O4+2. The molecule has 2 aromatic rings. The first-order valence-electron chi connectivity index (χ1n) is 4.71. The summed E-state index contributed by atoms with van der Waals surface area (Å²) in [5.74, 6) is 0. The minimum Gasteiger partial charge on any atom is -0.385 e. The molecule has 6 nitrogen and oxygen atoms in total. The highest BCUT2D eigenvalue weighted by molar-refractivity contribution is 5.66. The maximum Gasteiger partial charge on any atom is 0.333 e. The Kier molecular flexibility index (Phi) is 2.59. The topological polar surface area (TPSA) is 88.7 Å². The Labute approximate surface area is 90.8 Å². The molecule has 0 radical (unpaired) electrons. The highest BCUT2D eigenvalue weighted by Crippen LogP contribution is 2.08. The Bertz CT molecular complexity index is 493. The molecule has 0 atom stereocenters. The largest absolute Gasteiger partial charge is 0.385 e. The van der Waals surface area contributed by atoms with E-state index in [-0.39, 0.29) is 11.4 Å². The van der Waals surface area contributed by atoms with Crippen molar-refractivity contribution in [2.24, 2.45) is 0 Å². The summed E-state index contributed by atoms with van der Waals surface area (Å²) in [6.07, 6.45) is 0. The Morgan fingerprint density at radius 3 is 1.50 bits per heavy atom. The molecule has 1 aromatic heterocycles. The van der Waals surface area contributed by atoms with Gasteiger partial charge in [-0.05, 0) is 0 Å². The lowest BCUT2D eigenvalue weighted by molar-refractivity contribution is -0.929. The molecule has 0 saturated heterocycles. The summed E-state index contributed by atoms with van der Waals surface area (Å²) < 4.78 is 1.52. The van der Waals surface area contributed by atoms with Crippen LogP contribution < -0.4 is 9.46 Å². The Hall–Kier alpha value is -1.92. The van der Waals surface area contributed by atoms with Crippen molar-refractivity contribution in [1.29, 1.82) is 0 Å². The van der Waals surface area contributed by atoms with Crippen LogP contribution in [0.1, 0.15) is 11.4 Å². The molecule has 84 valence electrons. The maximum absolute atomic E-state index is 9.81. The van der Waals surface area contributed by atoms with Crippen molar-refractivity contribution in [1.82, 2.24) is 0 Å². The van der Waals surface area contributed by atoms with Gasteiger partial charge >= 0.3 is 22.4 Å². The van der Waals surface area contributed by atoms with E-state index in [1.807, 2.05) is 0 Å². The summed E-state index contributed by atoms with van der Waals surface area (Å²) in [4.78, 5) is 0. The molecule has 2 rings (SSSR count). The van der Waals surface area contributed by atoms with Gasteiger partial charge in [0.15, 0.2) is 0 Å². The third kappa shape index (κ3) is 1.36. The van der Waals surface area contributed by atoms with Crippen LogP contribution in [0.4, 0.5) is 0 Å². The summed E-state index contributed by atoms with van der Waals surface area (Å²) in [5.41, 5.74) is 0.768. The van der Waals surface area contributed by atoms with Gasteiger partial charge in [0.2, 0.25) is 0 Å². The number of aliphatic hydroxyl groups is 2. The first kappa shape index (κ1) is 10.6. The number of aromatic nitrogens is 2. The number of fused-ring (bicyclic) bond motifs is 1. The van der Waals surface area contributed by atoms with Crippen LogP contribution in [0.15, 0.2) is 24.3 Å². The number of nitrogens with zero attached hydrogens (tertiary/aromatic N) is 2. The molecule has 0 unspecified atom stereocenters. The number of benzene rings is 1. The van der Waals surface area contributed by atoms with Crippen molar-refractivity contribution in [2.45, 2.75) is 13.2 Å². The molecule has 0 saturated carbocycles. The Balaban J connectivity index is 2.93. The second kappa shape index (κ2) is 3.92. The molecule has 0 aliphatic heterocycles. The molecule has 4 N–H and O–H groups in total. The lowest BCUT2D eigenvalue weighted by Crippen LogP contribution is -2.48. The van der Waals surface area contributed by atoms with Gasteiger partial charge in [-0.3, -0.25) is 10.4 Å². The van der Waals surface area contributed by atoms with Crippen molar-refractivity contribution in [3.63, 3.8) is 0 Å². The van der Waals surface area contributed by atoms with Crippen molar-refractivity contribution in [3.8, 4) is 0 Å². The predicted octanol–water partition coefficient (Wildman–Crippen LogP) is -1.13. The number of para-hydroxylation sites is 2. The fraction of sp³-hybridized carbons (Fsp3) is 0.200. The van der Waals surface area contributed by atoms with E-state index in [1.165, 1.54) is 0 Å². The zero-order valence-electron chi connectivity index (χ0n) is 8.41. The van der Waals surface area contributed by atoms with E-state index in [0.717, 1.165) is 9.46 Å². The average molecular weight is 224 g/mol. The van der Waals surface area contributed by atoms with Crippen molar-refractivity contribution >= 4 is 11.0 Å². The van der Waals surface area contributed by atoms with Gasteiger partial charge in [0.05, 0.1) is 0 Å². The first-order chi connectivity index (χ1) is 7.70. The third-order valence-electron chi connectivity index (χ3n) is 2.48. The van der Waals surface area contributed by atoms with Crippen LogP contribution >= 0.6 is 0 Å². The number of hydrogen-bond donors (Lipinski definition) is 4. The smallest absolute Gasteiger partial charge is 0.333 e. The van der Waals surface area contributed by atoms with Crippen LogP contribution in [0.3, 0.4) is 0 Å². The van der Waals surface area contributed by atoms with Crippen molar-refractivity contribution in [2.75, 3.05) is 0 Å². The monoisotopic (exact) mass is 224 g/mol. The van der Waals surface area contributed by atoms with E-state index in [1.54, 1.807) is 24.3 Å². The van der Waals surface area contributed by atoms with Gasteiger partial charge in [-0.2, -0.15) is 0 Å². The van der Waals surface area contributed by atoms with Crippen LogP contribution in [-0.2, 0) is 13.2 Å². The number of rotatable bonds is 2. The number of aliphatic hydroxyl groups excluding tert-OH is 2. The van der Waals surface area contributed by atoms with Gasteiger partial charge in [0.25, 0.3) is 0 Å². The van der Waals surface area contributed by atoms with Crippen molar-refractivity contribution < 1.29 is 30.1 Å². The van der Waals surface area contributed by atoms with Crippen molar-refractivity contribution in [3.05, 3.63) is 35.7 Å². The molecule has 6 heteroatoms. The molecule has 0 spiro atoms. The second-order valence-electron chi connectivity index (χ2n) is 3.32. The van der Waals surface area contributed by atoms with Gasteiger partial charge in [0.1, 0.15) is 13.2 Å². The van der Waals surface area contributed by atoms with E-state index < -0.39 is 13.2 Å². The Morgan fingerprint density at radius 2 is 1.19 bits per heavy atom. The minimum atomic E-state index is -0.488. The molecule has 16 heavy (non-hydrogen) atoms. The first-order valence-corrected chi connectivity index (χ1v) is 4.71. The molecule has 0 fully saturated rings. The van der Waals surface area contributed by atoms with Gasteiger partial charge in [-0.1, -0.05) is 12.1 Å². The van der Waals surface area contributed by atoms with E-state index in [0.29, 0.717) is 11.0 Å². The fourth-order valence-electron chi connectivity index (χ4n) is 1.67. The number of hydrogen-bond acceptors (Lipinski definition) is 4. The Morgan fingerprint density at radius 1 is 0.812 bits per heavy atom. The maximum atomic E-state index is 9.81. The molecule has 0 amide bonds. The fourth-order valence-corrected chi connectivity index (χ4v) is 1.67. The third-order valence-corrected chi connectivity index (χ3v) is 2.48. The van der Waals surface area contributed by atoms with Crippen LogP contribution in [0, 0.1) is 0 Å².